The molecule has 1 heterocycles. The summed E-state index contributed by atoms with van der Waals surface area (Å²) in [4.78, 5) is 29.2. The summed E-state index contributed by atoms with van der Waals surface area (Å²) in [5.74, 6) is 0.553. The number of carbonyl (C=O) groups excluding carboxylic acids is 2. The molecule has 0 saturated heterocycles. The third-order valence-corrected chi connectivity index (χ3v) is 6.53. The number of para-hydroxylation sites is 2. The summed E-state index contributed by atoms with van der Waals surface area (Å²) in [5, 5.41) is 5.76. The Hall–Kier alpha value is -3.36. The molecule has 6 nitrogen and oxygen atoms in total. The minimum absolute atomic E-state index is 0.135. The first-order valence-corrected chi connectivity index (χ1v) is 11.3. The standard InChI is InChI=1S/C23H19N3O3S2/c1-29-19-10-6-5-9-17(19)25-21(27)14-30-23-26-18-12-11-16(13-20(18)31-23)24-22(28)15-7-3-2-4-8-15/h2-13H,14H2,1H3,(H,24,28)(H,25,27). The molecule has 0 aliphatic carbocycles. The zero-order chi connectivity index (χ0) is 21.6. The fourth-order valence-corrected chi connectivity index (χ4v) is 4.80. The molecule has 2 N–H and O–H groups in total. The third-order valence-electron chi connectivity index (χ3n) is 4.37. The molecular weight excluding hydrogens is 430 g/mol. The topological polar surface area (TPSA) is 80.3 Å². The van der Waals surface area contributed by atoms with Gasteiger partial charge in [0.2, 0.25) is 5.91 Å². The normalized spacial score (nSPS) is 10.6. The van der Waals surface area contributed by atoms with E-state index in [9.17, 15) is 9.59 Å². The van der Waals surface area contributed by atoms with Gasteiger partial charge in [-0.3, -0.25) is 9.59 Å². The minimum atomic E-state index is -0.160. The lowest BCUT2D eigenvalue weighted by Crippen LogP contribution is -2.14. The Bertz CT molecular complexity index is 1230. The summed E-state index contributed by atoms with van der Waals surface area (Å²) < 4.78 is 6.99. The molecule has 4 aromatic rings. The lowest BCUT2D eigenvalue weighted by Gasteiger charge is -2.09. The second kappa shape index (κ2) is 9.63. The van der Waals surface area contributed by atoms with Crippen molar-refractivity contribution in [3.05, 3.63) is 78.4 Å². The Labute approximate surface area is 187 Å². The number of carbonyl (C=O) groups is 2. The van der Waals surface area contributed by atoms with Gasteiger partial charge in [-0.05, 0) is 42.5 Å². The first-order chi connectivity index (χ1) is 15.1. The molecule has 0 bridgehead atoms. The van der Waals surface area contributed by atoms with E-state index < -0.39 is 0 Å². The fourth-order valence-electron chi connectivity index (χ4n) is 2.90. The van der Waals surface area contributed by atoms with Crippen LogP contribution in [-0.4, -0.2) is 29.7 Å². The Morgan fingerprint density at radius 3 is 2.58 bits per heavy atom. The highest BCUT2D eigenvalue weighted by atomic mass is 32.2. The molecule has 0 unspecified atom stereocenters. The summed E-state index contributed by atoms with van der Waals surface area (Å²) >= 11 is 2.86. The van der Waals surface area contributed by atoms with E-state index >= 15 is 0 Å². The molecule has 31 heavy (non-hydrogen) atoms. The lowest BCUT2D eigenvalue weighted by molar-refractivity contribution is -0.113. The van der Waals surface area contributed by atoms with Crippen molar-refractivity contribution in [3.63, 3.8) is 0 Å². The number of hydrogen-bond donors (Lipinski definition) is 2. The molecule has 0 aliphatic heterocycles. The van der Waals surface area contributed by atoms with Gasteiger partial charge in [-0.25, -0.2) is 4.98 Å². The number of thioether (sulfide) groups is 1. The van der Waals surface area contributed by atoms with E-state index in [1.54, 1.807) is 31.4 Å². The molecule has 8 heteroatoms. The lowest BCUT2D eigenvalue weighted by atomic mass is 10.2. The van der Waals surface area contributed by atoms with Gasteiger partial charge < -0.3 is 15.4 Å². The van der Waals surface area contributed by atoms with Crippen molar-refractivity contribution in [1.29, 1.82) is 0 Å². The van der Waals surface area contributed by atoms with Gasteiger partial charge in [0.05, 0.1) is 28.8 Å². The van der Waals surface area contributed by atoms with Crippen molar-refractivity contribution in [2.75, 3.05) is 23.5 Å². The van der Waals surface area contributed by atoms with Crippen molar-refractivity contribution in [1.82, 2.24) is 4.98 Å². The number of nitrogens with zero attached hydrogens (tertiary/aromatic N) is 1. The Morgan fingerprint density at radius 1 is 1.00 bits per heavy atom. The third kappa shape index (κ3) is 5.22. The van der Waals surface area contributed by atoms with Crippen LogP contribution in [0.4, 0.5) is 11.4 Å². The molecule has 0 atom stereocenters. The van der Waals surface area contributed by atoms with Gasteiger partial charge in [-0.15, -0.1) is 11.3 Å². The second-order valence-electron chi connectivity index (χ2n) is 6.52. The monoisotopic (exact) mass is 449 g/mol. The van der Waals surface area contributed by atoms with Gasteiger partial charge in [-0.1, -0.05) is 42.1 Å². The number of fused-ring (bicyclic) bond motifs is 1. The smallest absolute Gasteiger partial charge is 0.255 e. The largest absolute Gasteiger partial charge is 0.495 e. The number of nitrogens with one attached hydrogen (secondary N) is 2. The minimum Gasteiger partial charge on any atom is -0.495 e. The number of amides is 2. The fraction of sp³-hybridized carbons (Fsp3) is 0.0870. The van der Waals surface area contributed by atoms with Gasteiger partial charge in [0.15, 0.2) is 4.34 Å². The molecular formula is C23H19N3O3S2. The van der Waals surface area contributed by atoms with Crippen molar-refractivity contribution in [2.24, 2.45) is 0 Å². The van der Waals surface area contributed by atoms with Crippen LogP contribution in [0.3, 0.4) is 0 Å². The van der Waals surface area contributed by atoms with Gasteiger partial charge in [0.1, 0.15) is 5.75 Å². The molecule has 156 valence electrons. The number of ether oxygens (including phenoxy) is 1. The van der Waals surface area contributed by atoms with Gasteiger partial charge in [0, 0.05) is 11.3 Å². The van der Waals surface area contributed by atoms with E-state index in [2.05, 4.69) is 15.6 Å². The van der Waals surface area contributed by atoms with Crippen LogP contribution >= 0.6 is 23.1 Å². The summed E-state index contributed by atoms with van der Waals surface area (Å²) in [6.07, 6.45) is 0. The predicted octanol–water partition coefficient (Wildman–Crippen LogP) is 5.29. The van der Waals surface area contributed by atoms with E-state index in [1.807, 2.05) is 48.5 Å². The number of rotatable bonds is 7. The van der Waals surface area contributed by atoms with E-state index in [-0.39, 0.29) is 17.6 Å². The van der Waals surface area contributed by atoms with Crippen LogP contribution in [0.5, 0.6) is 5.75 Å². The van der Waals surface area contributed by atoms with Gasteiger partial charge in [0.25, 0.3) is 5.91 Å². The van der Waals surface area contributed by atoms with Crippen molar-refractivity contribution in [2.45, 2.75) is 4.34 Å². The molecule has 4 rings (SSSR count). The molecule has 0 radical (unpaired) electrons. The maximum absolute atomic E-state index is 12.3. The van der Waals surface area contributed by atoms with E-state index in [1.165, 1.54) is 23.1 Å². The Kier molecular flexibility index (Phi) is 6.49. The van der Waals surface area contributed by atoms with Gasteiger partial charge in [-0.2, -0.15) is 0 Å². The van der Waals surface area contributed by atoms with Crippen molar-refractivity contribution < 1.29 is 14.3 Å². The van der Waals surface area contributed by atoms with Crippen LogP contribution in [-0.2, 0) is 4.79 Å². The van der Waals surface area contributed by atoms with Gasteiger partial charge >= 0.3 is 0 Å². The highest BCUT2D eigenvalue weighted by molar-refractivity contribution is 8.01. The zero-order valence-corrected chi connectivity index (χ0v) is 18.3. The highest BCUT2D eigenvalue weighted by Gasteiger charge is 2.11. The molecule has 3 aromatic carbocycles. The highest BCUT2D eigenvalue weighted by Crippen LogP contribution is 2.32. The summed E-state index contributed by atoms with van der Waals surface area (Å²) in [7, 11) is 1.57. The van der Waals surface area contributed by atoms with Crippen LogP contribution in [0.2, 0.25) is 0 Å². The molecule has 1 aromatic heterocycles. The average molecular weight is 450 g/mol. The number of anilines is 2. The zero-order valence-electron chi connectivity index (χ0n) is 16.6. The number of hydrogen-bond acceptors (Lipinski definition) is 6. The first-order valence-electron chi connectivity index (χ1n) is 9.45. The number of methoxy groups -OCH3 is 1. The van der Waals surface area contributed by atoms with Crippen molar-refractivity contribution >= 4 is 56.5 Å². The SMILES string of the molecule is COc1ccccc1NC(=O)CSc1nc2ccc(NC(=O)c3ccccc3)cc2s1. The molecule has 2 amide bonds. The van der Waals surface area contributed by atoms with E-state index in [0.29, 0.717) is 22.7 Å². The molecule has 0 fully saturated rings. The van der Waals surface area contributed by atoms with Crippen LogP contribution in [0.25, 0.3) is 10.2 Å². The summed E-state index contributed by atoms with van der Waals surface area (Å²) in [6, 6.07) is 21.9. The van der Waals surface area contributed by atoms with Crippen LogP contribution < -0.4 is 15.4 Å². The Morgan fingerprint density at radius 2 is 1.77 bits per heavy atom. The van der Waals surface area contributed by atoms with Crippen LogP contribution in [0.1, 0.15) is 10.4 Å². The average Bonchev–Trinajstić information content (AvgIpc) is 3.21. The summed E-state index contributed by atoms with van der Waals surface area (Å²) in [6.45, 7) is 0. The molecule has 0 aliphatic rings. The summed E-state index contributed by atoms with van der Waals surface area (Å²) in [5.41, 5.74) is 2.77. The quantitative estimate of drug-likeness (QED) is 0.375. The predicted molar refractivity (Wildman–Crippen MR) is 126 cm³/mol. The maximum Gasteiger partial charge on any atom is 0.255 e. The van der Waals surface area contributed by atoms with Crippen molar-refractivity contribution in [3.8, 4) is 5.75 Å². The van der Waals surface area contributed by atoms with E-state index in [0.717, 1.165) is 14.6 Å². The first kappa shape index (κ1) is 20.9. The second-order valence-corrected chi connectivity index (χ2v) is 8.77. The van der Waals surface area contributed by atoms with Crippen LogP contribution in [0.15, 0.2) is 77.1 Å². The van der Waals surface area contributed by atoms with E-state index in [4.69, 9.17) is 4.74 Å². The Balaban J connectivity index is 1.39. The number of thiazole rings is 1. The number of aromatic nitrogens is 1. The maximum atomic E-state index is 12.3. The number of benzene rings is 3. The molecule has 0 saturated carbocycles. The van der Waals surface area contributed by atoms with Crippen LogP contribution in [0, 0.1) is 0 Å². The molecule has 0 spiro atoms.